The largest absolute Gasteiger partial charge is 0.399 e. The Morgan fingerprint density at radius 2 is 1.64 bits per heavy atom. The highest BCUT2D eigenvalue weighted by atomic mass is 16.2. The summed E-state index contributed by atoms with van der Waals surface area (Å²) in [6, 6.07) is 12.3. The fourth-order valence-corrected chi connectivity index (χ4v) is 5.13. The van der Waals surface area contributed by atoms with Crippen LogP contribution in [0.15, 0.2) is 42.5 Å². The van der Waals surface area contributed by atoms with E-state index in [-0.39, 0.29) is 18.7 Å². The number of carbonyl (C=O) groups is 4. The van der Waals surface area contributed by atoms with Crippen molar-refractivity contribution in [2.24, 2.45) is 5.92 Å². The van der Waals surface area contributed by atoms with Crippen molar-refractivity contribution in [1.29, 1.82) is 0 Å². The molecular formula is C25H26N4O4. The Labute approximate surface area is 191 Å². The first-order valence-electron chi connectivity index (χ1n) is 11.4. The average molecular weight is 447 g/mol. The third-order valence-corrected chi connectivity index (χ3v) is 6.91. The molecule has 4 amide bonds. The number of carbonyl (C=O) groups excluding carboxylic acids is 4. The van der Waals surface area contributed by atoms with Gasteiger partial charge in [0.2, 0.25) is 11.8 Å². The summed E-state index contributed by atoms with van der Waals surface area (Å²) in [5.41, 5.74) is 9.24. The van der Waals surface area contributed by atoms with Crippen molar-refractivity contribution in [3.63, 3.8) is 0 Å². The van der Waals surface area contributed by atoms with Gasteiger partial charge in [-0.1, -0.05) is 18.2 Å². The predicted octanol–water partition coefficient (Wildman–Crippen LogP) is 2.13. The second kappa shape index (κ2) is 8.35. The summed E-state index contributed by atoms with van der Waals surface area (Å²) in [6.07, 6.45) is 3.21. The van der Waals surface area contributed by atoms with Crippen molar-refractivity contribution < 1.29 is 19.2 Å². The topological polar surface area (TPSA) is 113 Å². The molecule has 1 atom stereocenters. The summed E-state index contributed by atoms with van der Waals surface area (Å²) >= 11 is 0. The zero-order chi connectivity index (χ0) is 23.1. The van der Waals surface area contributed by atoms with E-state index in [1.165, 1.54) is 5.56 Å². The van der Waals surface area contributed by atoms with Crippen molar-refractivity contribution in [3.8, 4) is 0 Å². The number of hydrogen-bond acceptors (Lipinski definition) is 6. The molecule has 2 aromatic carbocycles. The molecule has 1 unspecified atom stereocenters. The molecule has 2 saturated heterocycles. The van der Waals surface area contributed by atoms with Gasteiger partial charge in [0.15, 0.2) is 0 Å². The molecule has 2 fully saturated rings. The zero-order valence-electron chi connectivity index (χ0n) is 18.3. The first-order valence-corrected chi connectivity index (χ1v) is 11.4. The minimum absolute atomic E-state index is 0.109. The van der Waals surface area contributed by atoms with Gasteiger partial charge in [-0.25, -0.2) is 0 Å². The van der Waals surface area contributed by atoms with Crippen molar-refractivity contribution >= 4 is 35.0 Å². The van der Waals surface area contributed by atoms with Crippen LogP contribution >= 0.6 is 0 Å². The number of benzene rings is 2. The van der Waals surface area contributed by atoms with Gasteiger partial charge in [-0.15, -0.1) is 0 Å². The van der Waals surface area contributed by atoms with Crippen LogP contribution in [0.5, 0.6) is 0 Å². The van der Waals surface area contributed by atoms with Crippen LogP contribution in [0.2, 0.25) is 0 Å². The standard InChI is InChI=1S/C25H26N4O4/c26-17-6-4-15(5-7-17)14-16-10-12-28(13-11-16)19-3-1-2-18-22(19)25(33)29(24(18)32)20-8-9-21(30)27-23(20)31/h1-7,16,20H,8-14,26H2,(H,27,30,31). The number of amides is 4. The third kappa shape index (κ3) is 3.86. The molecule has 170 valence electrons. The van der Waals surface area contributed by atoms with Gasteiger partial charge in [-0.2, -0.15) is 0 Å². The molecule has 8 nitrogen and oxygen atoms in total. The smallest absolute Gasteiger partial charge is 0.264 e. The summed E-state index contributed by atoms with van der Waals surface area (Å²) in [4.78, 5) is 53.4. The molecule has 3 aliphatic rings. The molecule has 0 saturated carbocycles. The van der Waals surface area contributed by atoms with Crippen LogP contribution in [0.4, 0.5) is 11.4 Å². The Hall–Kier alpha value is -3.68. The summed E-state index contributed by atoms with van der Waals surface area (Å²) in [7, 11) is 0. The molecule has 0 bridgehead atoms. The fourth-order valence-electron chi connectivity index (χ4n) is 5.13. The number of piperidine rings is 2. The number of nitrogens with two attached hydrogens (primary N) is 1. The van der Waals surface area contributed by atoms with E-state index in [9.17, 15) is 19.2 Å². The van der Waals surface area contributed by atoms with Gasteiger partial charge in [0, 0.05) is 25.2 Å². The lowest BCUT2D eigenvalue weighted by atomic mass is 9.89. The Balaban J connectivity index is 1.32. The molecular weight excluding hydrogens is 420 g/mol. The molecule has 2 aromatic rings. The van der Waals surface area contributed by atoms with E-state index in [0.717, 1.165) is 48.6 Å². The molecule has 33 heavy (non-hydrogen) atoms. The first kappa shape index (κ1) is 21.2. The lowest BCUT2D eigenvalue weighted by molar-refractivity contribution is -0.136. The van der Waals surface area contributed by atoms with Gasteiger partial charge >= 0.3 is 0 Å². The minimum atomic E-state index is -0.950. The van der Waals surface area contributed by atoms with Crippen LogP contribution in [0.1, 0.15) is 52.0 Å². The highest BCUT2D eigenvalue weighted by Gasteiger charge is 2.46. The quantitative estimate of drug-likeness (QED) is 0.550. The molecule has 5 rings (SSSR count). The van der Waals surface area contributed by atoms with Crippen molar-refractivity contribution in [2.45, 2.75) is 38.1 Å². The van der Waals surface area contributed by atoms with Crippen molar-refractivity contribution in [2.75, 3.05) is 23.7 Å². The highest BCUT2D eigenvalue weighted by Crippen LogP contribution is 2.36. The lowest BCUT2D eigenvalue weighted by Crippen LogP contribution is -2.54. The average Bonchev–Trinajstić information content (AvgIpc) is 3.06. The Morgan fingerprint density at radius 1 is 0.909 bits per heavy atom. The predicted molar refractivity (Wildman–Crippen MR) is 123 cm³/mol. The third-order valence-electron chi connectivity index (χ3n) is 6.91. The van der Waals surface area contributed by atoms with Gasteiger partial charge in [0.25, 0.3) is 11.8 Å². The number of nitrogens with one attached hydrogen (secondary N) is 1. The molecule has 3 heterocycles. The van der Waals surface area contributed by atoms with E-state index in [1.54, 1.807) is 12.1 Å². The summed E-state index contributed by atoms with van der Waals surface area (Å²) in [6.45, 7) is 1.58. The number of imide groups is 2. The summed E-state index contributed by atoms with van der Waals surface area (Å²) in [5.74, 6) is -1.35. The maximum Gasteiger partial charge on any atom is 0.264 e. The van der Waals surface area contributed by atoms with E-state index in [4.69, 9.17) is 5.73 Å². The molecule has 8 heteroatoms. The number of anilines is 2. The van der Waals surface area contributed by atoms with Crippen molar-refractivity contribution in [1.82, 2.24) is 10.2 Å². The number of nitrogens with zero attached hydrogens (tertiary/aromatic N) is 2. The van der Waals surface area contributed by atoms with Crippen LogP contribution in [0.3, 0.4) is 0 Å². The zero-order valence-corrected chi connectivity index (χ0v) is 18.3. The van der Waals surface area contributed by atoms with E-state index < -0.39 is 23.8 Å². The Bertz CT molecular complexity index is 1140. The van der Waals surface area contributed by atoms with E-state index in [0.29, 0.717) is 17.0 Å². The molecule has 0 aromatic heterocycles. The van der Waals surface area contributed by atoms with Gasteiger partial charge in [0.05, 0.1) is 16.8 Å². The lowest BCUT2D eigenvalue weighted by Gasteiger charge is -2.34. The monoisotopic (exact) mass is 446 g/mol. The van der Waals surface area contributed by atoms with Crippen LogP contribution < -0.4 is 16.0 Å². The molecule has 0 aliphatic carbocycles. The molecule has 0 radical (unpaired) electrons. The molecule has 0 spiro atoms. The Kier molecular flexibility index (Phi) is 5.36. The van der Waals surface area contributed by atoms with E-state index >= 15 is 0 Å². The SMILES string of the molecule is Nc1ccc(CC2CCN(c3cccc4c3C(=O)N(C3CCC(=O)NC3=O)C4=O)CC2)cc1. The number of nitrogen functional groups attached to an aromatic ring is 1. The van der Waals surface area contributed by atoms with Crippen molar-refractivity contribution in [3.05, 3.63) is 59.2 Å². The highest BCUT2D eigenvalue weighted by molar-refractivity contribution is 6.25. The van der Waals surface area contributed by atoms with Gasteiger partial charge in [0.1, 0.15) is 6.04 Å². The van der Waals surface area contributed by atoms with Crippen LogP contribution in [-0.2, 0) is 16.0 Å². The normalized spacial score (nSPS) is 21.4. The van der Waals surface area contributed by atoms with E-state index in [2.05, 4.69) is 22.3 Å². The van der Waals surface area contributed by atoms with Crippen LogP contribution in [-0.4, -0.2) is 47.7 Å². The van der Waals surface area contributed by atoms with Gasteiger partial charge < -0.3 is 10.6 Å². The van der Waals surface area contributed by atoms with E-state index in [1.807, 2.05) is 18.2 Å². The second-order valence-corrected chi connectivity index (χ2v) is 9.02. The second-order valence-electron chi connectivity index (χ2n) is 9.02. The number of hydrogen-bond donors (Lipinski definition) is 2. The first-order chi connectivity index (χ1) is 15.9. The minimum Gasteiger partial charge on any atom is -0.399 e. The fraction of sp³-hybridized carbons (Fsp3) is 0.360. The maximum absolute atomic E-state index is 13.3. The molecule has 3 N–H and O–H groups in total. The van der Waals surface area contributed by atoms with Gasteiger partial charge in [-0.3, -0.25) is 29.4 Å². The van der Waals surface area contributed by atoms with Crippen LogP contribution in [0.25, 0.3) is 0 Å². The maximum atomic E-state index is 13.3. The Morgan fingerprint density at radius 3 is 2.33 bits per heavy atom. The summed E-state index contributed by atoms with van der Waals surface area (Å²) in [5, 5.41) is 2.24. The van der Waals surface area contributed by atoms with Crippen LogP contribution in [0, 0.1) is 5.92 Å². The number of rotatable bonds is 4. The number of fused-ring (bicyclic) bond motifs is 1. The molecule has 3 aliphatic heterocycles. The summed E-state index contributed by atoms with van der Waals surface area (Å²) < 4.78 is 0. The van der Waals surface area contributed by atoms with Gasteiger partial charge in [-0.05, 0) is 61.4 Å².